The average Bonchev–Trinajstić information content (AvgIpc) is 2.63. The molecule has 2 heteroatoms. The predicted molar refractivity (Wildman–Crippen MR) is 75.4 cm³/mol. The Balaban J connectivity index is 0. The summed E-state index contributed by atoms with van der Waals surface area (Å²) in [5, 5.41) is 0. The van der Waals surface area contributed by atoms with Crippen LogP contribution in [0.2, 0.25) is 0 Å². The fraction of sp³-hybridized carbons (Fsp3) is 0.500. The van der Waals surface area contributed by atoms with Crippen molar-refractivity contribution in [3.8, 4) is 0 Å². The van der Waals surface area contributed by atoms with Gasteiger partial charge in [-0.05, 0) is 32.9 Å². The highest BCUT2D eigenvalue weighted by atomic mass is 14.9. The number of hydrogen-bond acceptors (Lipinski definition) is 1. The monoisotopic (exact) mass is 222 g/mol. The molecule has 0 saturated heterocycles. The van der Waals surface area contributed by atoms with E-state index in [2.05, 4.69) is 36.5 Å². The molecule has 1 aromatic heterocycles. The van der Waals surface area contributed by atoms with Gasteiger partial charge in [0.05, 0.1) is 11.4 Å². The smallest absolute Gasteiger partial charge is 0.104 e. The molecule has 0 atom stereocenters. The van der Waals surface area contributed by atoms with E-state index in [0.717, 1.165) is 17.2 Å². The molecule has 92 valence electrons. The number of aromatic amines is 1. The van der Waals surface area contributed by atoms with Gasteiger partial charge in [-0.1, -0.05) is 39.8 Å². The van der Waals surface area contributed by atoms with Gasteiger partial charge in [0.1, 0.15) is 5.82 Å². The van der Waals surface area contributed by atoms with Gasteiger partial charge in [0.25, 0.3) is 0 Å². The maximum Gasteiger partial charge on any atom is 0.104 e. The number of rotatable bonds is 2. The lowest BCUT2D eigenvalue weighted by Crippen LogP contribution is -1.77. The molecule has 0 aliphatic carbocycles. The minimum atomic E-state index is 0.925. The standard InChI is InChI=1S/C10H14N2.2C2H6/c1-5-9-10(6-7(2)3)12-8(4)11-9;2*1-2/h5-6H,1H2,2-4H3,(H,11,12);2*1-2H3. The Hall–Kier alpha value is -1.31. The molecule has 0 aromatic carbocycles. The summed E-state index contributed by atoms with van der Waals surface area (Å²) in [4.78, 5) is 7.43. The SMILES string of the molecule is C=Cc1nc(C)[nH]c1C=C(C)C.CC.CC. The van der Waals surface area contributed by atoms with Crippen molar-refractivity contribution in [2.75, 3.05) is 0 Å². The molecule has 0 amide bonds. The van der Waals surface area contributed by atoms with Crippen LogP contribution in [-0.4, -0.2) is 9.97 Å². The van der Waals surface area contributed by atoms with Gasteiger partial charge < -0.3 is 4.98 Å². The summed E-state index contributed by atoms with van der Waals surface area (Å²) in [6.45, 7) is 17.8. The molecule has 0 bridgehead atoms. The maximum absolute atomic E-state index is 4.26. The Morgan fingerprint density at radius 2 is 1.69 bits per heavy atom. The molecule has 0 radical (unpaired) electrons. The van der Waals surface area contributed by atoms with Crippen LogP contribution in [0.25, 0.3) is 12.2 Å². The molecule has 1 aromatic rings. The maximum atomic E-state index is 4.26. The first kappa shape index (κ1) is 17.1. The van der Waals surface area contributed by atoms with Crippen molar-refractivity contribution in [2.45, 2.75) is 48.5 Å². The fourth-order valence-electron chi connectivity index (χ4n) is 1.08. The zero-order valence-corrected chi connectivity index (χ0v) is 11.8. The zero-order chi connectivity index (χ0) is 13.1. The van der Waals surface area contributed by atoms with Crippen LogP contribution in [-0.2, 0) is 0 Å². The number of hydrogen-bond donors (Lipinski definition) is 1. The number of imidazole rings is 1. The molecule has 1 rings (SSSR count). The Morgan fingerprint density at radius 1 is 1.19 bits per heavy atom. The van der Waals surface area contributed by atoms with Crippen molar-refractivity contribution in [3.05, 3.63) is 29.4 Å². The highest BCUT2D eigenvalue weighted by Gasteiger charge is 2.00. The third-order valence-corrected chi connectivity index (χ3v) is 1.51. The minimum Gasteiger partial charge on any atom is -0.342 e. The number of nitrogens with one attached hydrogen (secondary N) is 1. The van der Waals surface area contributed by atoms with Gasteiger partial charge >= 0.3 is 0 Å². The number of H-pyrrole nitrogens is 1. The van der Waals surface area contributed by atoms with Gasteiger partial charge in [0.15, 0.2) is 0 Å². The number of allylic oxidation sites excluding steroid dienone is 1. The lowest BCUT2D eigenvalue weighted by Gasteiger charge is -1.90. The Morgan fingerprint density at radius 3 is 2.06 bits per heavy atom. The first-order valence-electron chi connectivity index (χ1n) is 5.97. The second kappa shape index (κ2) is 10.2. The molecule has 0 aliphatic heterocycles. The lowest BCUT2D eigenvalue weighted by molar-refractivity contribution is 1.14. The van der Waals surface area contributed by atoms with Crippen LogP contribution in [0.4, 0.5) is 0 Å². The van der Waals surface area contributed by atoms with E-state index in [0.29, 0.717) is 0 Å². The number of nitrogens with zero attached hydrogens (tertiary/aromatic N) is 1. The molecule has 0 fully saturated rings. The van der Waals surface area contributed by atoms with Crippen molar-refractivity contribution in [1.82, 2.24) is 9.97 Å². The molecule has 0 unspecified atom stereocenters. The van der Waals surface area contributed by atoms with Crippen LogP contribution >= 0.6 is 0 Å². The van der Waals surface area contributed by atoms with Gasteiger partial charge in [0, 0.05) is 0 Å². The first-order chi connectivity index (χ1) is 7.63. The Bertz CT molecular complexity index is 315. The van der Waals surface area contributed by atoms with Crippen LogP contribution in [0.3, 0.4) is 0 Å². The summed E-state index contributed by atoms with van der Waals surface area (Å²) in [6.07, 6.45) is 3.83. The van der Waals surface area contributed by atoms with Crippen molar-refractivity contribution in [1.29, 1.82) is 0 Å². The van der Waals surface area contributed by atoms with Crippen molar-refractivity contribution in [3.63, 3.8) is 0 Å². The predicted octanol–water partition coefficient (Wildman–Crippen LogP) is 4.84. The number of aromatic nitrogens is 2. The molecule has 1 N–H and O–H groups in total. The van der Waals surface area contributed by atoms with E-state index in [9.17, 15) is 0 Å². The molecule has 1 heterocycles. The van der Waals surface area contributed by atoms with Gasteiger partial charge in [-0.25, -0.2) is 4.98 Å². The van der Waals surface area contributed by atoms with E-state index < -0.39 is 0 Å². The minimum absolute atomic E-state index is 0.925. The van der Waals surface area contributed by atoms with Crippen LogP contribution in [0.5, 0.6) is 0 Å². The van der Waals surface area contributed by atoms with Gasteiger partial charge in [-0.15, -0.1) is 0 Å². The summed E-state index contributed by atoms with van der Waals surface area (Å²) >= 11 is 0. The van der Waals surface area contributed by atoms with Gasteiger partial charge in [-0.3, -0.25) is 0 Å². The summed E-state index contributed by atoms with van der Waals surface area (Å²) in [5.41, 5.74) is 3.22. The van der Waals surface area contributed by atoms with Crippen LogP contribution in [0.1, 0.15) is 58.8 Å². The molecule has 0 spiro atoms. The second-order valence-electron chi connectivity index (χ2n) is 3.05. The van der Waals surface area contributed by atoms with Gasteiger partial charge in [-0.2, -0.15) is 0 Å². The fourth-order valence-corrected chi connectivity index (χ4v) is 1.08. The van der Waals surface area contributed by atoms with E-state index in [-0.39, 0.29) is 0 Å². The molecule has 2 nitrogen and oxygen atoms in total. The highest BCUT2D eigenvalue weighted by molar-refractivity contribution is 5.60. The van der Waals surface area contributed by atoms with Crippen molar-refractivity contribution in [2.24, 2.45) is 0 Å². The van der Waals surface area contributed by atoms with Crippen LogP contribution < -0.4 is 0 Å². The van der Waals surface area contributed by atoms with E-state index in [1.54, 1.807) is 6.08 Å². The van der Waals surface area contributed by atoms with E-state index in [1.165, 1.54) is 5.57 Å². The molecular formula is C14H26N2. The lowest BCUT2D eigenvalue weighted by atomic mass is 10.2. The average molecular weight is 222 g/mol. The topological polar surface area (TPSA) is 28.7 Å². The van der Waals surface area contributed by atoms with E-state index >= 15 is 0 Å². The normalized spacial score (nSPS) is 7.94. The Labute approximate surface area is 101 Å². The van der Waals surface area contributed by atoms with Crippen molar-refractivity contribution >= 4 is 12.2 Å². The van der Waals surface area contributed by atoms with Crippen LogP contribution in [0, 0.1) is 6.92 Å². The highest BCUT2D eigenvalue weighted by Crippen LogP contribution is 2.11. The summed E-state index contributed by atoms with van der Waals surface area (Å²) in [5.74, 6) is 0.928. The molecule has 16 heavy (non-hydrogen) atoms. The van der Waals surface area contributed by atoms with Crippen LogP contribution in [0.15, 0.2) is 12.2 Å². The summed E-state index contributed by atoms with van der Waals surface area (Å²) < 4.78 is 0. The molecule has 0 saturated carbocycles. The molecule has 0 aliphatic rings. The summed E-state index contributed by atoms with van der Waals surface area (Å²) in [7, 11) is 0. The first-order valence-corrected chi connectivity index (χ1v) is 5.97. The number of aryl methyl sites for hydroxylation is 1. The molecular weight excluding hydrogens is 196 g/mol. The van der Waals surface area contributed by atoms with Crippen molar-refractivity contribution < 1.29 is 0 Å². The van der Waals surface area contributed by atoms with E-state index in [1.807, 2.05) is 34.6 Å². The van der Waals surface area contributed by atoms with E-state index in [4.69, 9.17) is 0 Å². The largest absolute Gasteiger partial charge is 0.342 e. The Kier molecular flexibility index (Phi) is 10.9. The quantitative estimate of drug-likeness (QED) is 0.762. The van der Waals surface area contributed by atoms with Gasteiger partial charge in [0.2, 0.25) is 0 Å². The zero-order valence-electron chi connectivity index (χ0n) is 11.8. The third kappa shape index (κ3) is 6.23. The summed E-state index contributed by atoms with van der Waals surface area (Å²) in [6, 6.07) is 0. The third-order valence-electron chi connectivity index (χ3n) is 1.51. The second-order valence-corrected chi connectivity index (χ2v) is 3.05.